The lowest BCUT2D eigenvalue weighted by Crippen LogP contribution is -2.65. The molecule has 0 spiro atoms. The molecule has 8 N–H and O–H groups in total. The minimum Gasteiger partial charge on any atom is -0.394 e. The van der Waals surface area contributed by atoms with Crippen LogP contribution in [-0.2, 0) is 28.4 Å². The van der Waals surface area contributed by atoms with Gasteiger partial charge in [0.05, 0.1) is 31.5 Å². The van der Waals surface area contributed by atoms with Crippen molar-refractivity contribution in [3.63, 3.8) is 0 Å². The summed E-state index contributed by atoms with van der Waals surface area (Å²) in [7, 11) is 1.76. The third kappa shape index (κ3) is 6.64. The molecule has 0 unspecified atom stereocenters. The Morgan fingerprint density at radius 2 is 1.37 bits per heavy atom. The number of hydrogen-bond acceptors (Lipinski definition) is 14. The molecular weight excluding hydrogens is 704 g/mol. The first-order valence-corrected chi connectivity index (χ1v) is 20.7. The highest BCUT2D eigenvalue weighted by Gasteiger charge is 2.72. The first kappa shape index (κ1) is 41.6. The van der Waals surface area contributed by atoms with Gasteiger partial charge in [-0.1, -0.05) is 34.6 Å². The first-order chi connectivity index (χ1) is 25.5. The van der Waals surface area contributed by atoms with E-state index in [1.807, 2.05) is 0 Å². The van der Waals surface area contributed by atoms with Gasteiger partial charge >= 0.3 is 0 Å². The fourth-order valence-electron chi connectivity index (χ4n) is 13.0. The van der Waals surface area contributed by atoms with E-state index in [9.17, 15) is 40.9 Å². The molecule has 7 aliphatic rings. The maximum absolute atomic E-state index is 12.2. The first-order valence-electron chi connectivity index (χ1n) is 20.7. The third-order valence-corrected chi connectivity index (χ3v) is 16.0. The number of aliphatic hydroxyl groups is 8. The third-order valence-electron chi connectivity index (χ3n) is 16.0. The zero-order chi connectivity index (χ0) is 39.1. The Morgan fingerprint density at radius 1 is 0.722 bits per heavy atom. The number of ether oxygens (including phenoxy) is 6. The van der Waals surface area contributed by atoms with Gasteiger partial charge in [0.15, 0.2) is 18.4 Å². The second-order valence-electron chi connectivity index (χ2n) is 19.0. The summed E-state index contributed by atoms with van der Waals surface area (Å²) < 4.78 is 37.0. The maximum atomic E-state index is 12.2. The van der Waals surface area contributed by atoms with Gasteiger partial charge in [-0.15, -0.1) is 0 Å². The molecule has 0 bridgehead atoms. The van der Waals surface area contributed by atoms with Gasteiger partial charge in [0.25, 0.3) is 0 Å². The fraction of sp³-hybridized carbons (Fsp3) is 1.00. The molecule has 14 nitrogen and oxygen atoms in total. The van der Waals surface area contributed by atoms with Crippen LogP contribution in [0.1, 0.15) is 92.4 Å². The second kappa shape index (κ2) is 15.6. The van der Waals surface area contributed by atoms with Gasteiger partial charge in [0.2, 0.25) is 0 Å². The van der Waals surface area contributed by atoms with Crippen LogP contribution in [0.5, 0.6) is 0 Å². The Labute approximate surface area is 319 Å². The summed E-state index contributed by atoms with van der Waals surface area (Å²) in [6.45, 7) is 10.3. The largest absolute Gasteiger partial charge is 0.394 e. The molecule has 312 valence electrons. The summed E-state index contributed by atoms with van der Waals surface area (Å²) in [5.41, 5.74) is -0.0141. The summed E-state index contributed by atoms with van der Waals surface area (Å²) in [6, 6.07) is 0. The average Bonchev–Trinajstić information content (AvgIpc) is 3.57. The van der Waals surface area contributed by atoms with Crippen LogP contribution in [0.3, 0.4) is 0 Å². The molecular formula is C40H68O14. The molecule has 3 saturated heterocycles. The van der Waals surface area contributed by atoms with Crippen LogP contribution in [0.2, 0.25) is 0 Å². The zero-order valence-corrected chi connectivity index (χ0v) is 32.9. The van der Waals surface area contributed by atoms with Crippen molar-refractivity contribution in [1.29, 1.82) is 0 Å². The van der Waals surface area contributed by atoms with Crippen molar-refractivity contribution in [2.45, 2.75) is 178 Å². The minimum absolute atomic E-state index is 0.0323. The van der Waals surface area contributed by atoms with E-state index in [0.717, 1.165) is 51.4 Å². The van der Waals surface area contributed by atoms with Crippen LogP contribution in [0.15, 0.2) is 0 Å². The molecule has 3 heterocycles. The lowest BCUT2D eigenvalue weighted by atomic mass is 9.44. The van der Waals surface area contributed by atoms with E-state index < -0.39 is 86.5 Å². The van der Waals surface area contributed by atoms with Crippen LogP contribution in [-0.4, -0.2) is 147 Å². The second-order valence-corrected chi connectivity index (χ2v) is 19.0. The summed E-state index contributed by atoms with van der Waals surface area (Å²) in [4.78, 5) is 0. The topological polar surface area (TPSA) is 217 Å². The molecule has 0 aromatic heterocycles. The van der Waals surface area contributed by atoms with Crippen molar-refractivity contribution < 1.29 is 69.3 Å². The molecule has 7 rings (SSSR count). The highest BCUT2D eigenvalue weighted by molar-refractivity contribution is 5.18. The van der Waals surface area contributed by atoms with Crippen molar-refractivity contribution in [3.05, 3.63) is 0 Å². The molecule has 0 radical (unpaired) electrons. The number of rotatable bonds is 10. The smallest absolute Gasteiger partial charge is 0.187 e. The summed E-state index contributed by atoms with van der Waals surface area (Å²) >= 11 is 0. The van der Waals surface area contributed by atoms with E-state index in [0.29, 0.717) is 30.1 Å². The van der Waals surface area contributed by atoms with E-state index >= 15 is 0 Å². The van der Waals surface area contributed by atoms with Gasteiger partial charge in [-0.2, -0.15) is 0 Å². The van der Waals surface area contributed by atoms with Gasteiger partial charge < -0.3 is 69.3 Å². The number of hydrogen-bond donors (Lipinski definition) is 8. The zero-order valence-electron chi connectivity index (χ0n) is 32.9. The van der Waals surface area contributed by atoms with E-state index in [1.54, 1.807) is 7.11 Å². The summed E-state index contributed by atoms with van der Waals surface area (Å²) in [6.07, 6.45) is -7.60. The molecule has 0 amide bonds. The van der Waals surface area contributed by atoms with Gasteiger partial charge in [-0.25, -0.2) is 0 Å². The quantitative estimate of drug-likeness (QED) is 0.146. The van der Waals surface area contributed by atoms with E-state index in [4.69, 9.17) is 28.4 Å². The van der Waals surface area contributed by atoms with Crippen LogP contribution < -0.4 is 0 Å². The Bertz CT molecular complexity index is 1290. The van der Waals surface area contributed by atoms with Crippen LogP contribution >= 0.6 is 0 Å². The normalized spacial score (nSPS) is 55.9. The lowest BCUT2D eigenvalue weighted by molar-refractivity contribution is -0.373. The number of aliphatic hydroxyl groups excluding tert-OH is 8. The average molecular weight is 773 g/mol. The molecule has 4 saturated carbocycles. The van der Waals surface area contributed by atoms with Gasteiger partial charge in [-0.05, 0) is 91.8 Å². The monoisotopic (exact) mass is 772 g/mol. The standard InChI is InChI=1S/C40H68O14/c1-18(2)9-14-40(49-6)19(3)26-34(54-40)30(45)27-22-8-7-20-15-21(10-12-38(20,4)23(22)11-13-39(26,27)5)50-37-35(32(47)29(44)25(17-42)52-37)53-36-33(48)31(46)28(43)24(16-41)51-36/h18-37,41-48H,7-17H2,1-6H3/t19-,20+,21-,22+,23-,24+,25+,26-,27+,28-,29+,30+,31-,32-,33+,34+,35+,36-,37+,38-,39+,40+/m0/s1. The van der Waals surface area contributed by atoms with Crippen molar-refractivity contribution in [2.24, 2.45) is 52.3 Å². The fourth-order valence-corrected chi connectivity index (χ4v) is 13.0. The molecule has 14 heteroatoms. The molecule has 22 atom stereocenters. The summed E-state index contributed by atoms with van der Waals surface area (Å²) in [5, 5.41) is 84.9. The van der Waals surface area contributed by atoms with Crippen molar-refractivity contribution in [1.82, 2.24) is 0 Å². The van der Waals surface area contributed by atoms with Crippen LogP contribution in [0, 0.1) is 52.3 Å². The van der Waals surface area contributed by atoms with Gasteiger partial charge in [0.1, 0.15) is 48.8 Å². The van der Waals surface area contributed by atoms with Crippen molar-refractivity contribution >= 4 is 0 Å². The van der Waals surface area contributed by atoms with Crippen LogP contribution in [0.4, 0.5) is 0 Å². The molecule has 0 aromatic carbocycles. The minimum atomic E-state index is -1.73. The molecule has 3 aliphatic heterocycles. The Morgan fingerprint density at radius 3 is 2.02 bits per heavy atom. The maximum Gasteiger partial charge on any atom is 0.187 e. The summed E-state index contributed by atoms with van der Waals surface area (Å²) in [5.74, 6) is 1.58. The predicted molar refractivity (Wildman–Crippen MR) is 191 cm³/mol. The Hall–Kier alpha value is -0.560. The van der Waals surface area contributed by atoms with Crippen LogP contribution in [0.25, 0.3) is 0 Å². The molecule has 0 aromatic rings. The lowest BCUT2D eigenvalue weighted by Gasteiger charge is -2.61. The molecule has 4 aliphatic carbocycles. The van der Waals surface area contributed by atoms with E-state index in [2.05, 4.69) is 34.6 Å². The number of fused-ring (bicyclic) bond motifs is 7. The highest BCUT2D eigenvalue weighted by atomic mass is 16.8. The van der Waals surface area contributed by atoms with E-state index in [-0.39, 0.29) is 40.8 Å². The Balaban J connectivity index is 1.04. The van der Waals surface area contributed by atoms with Crippen molar-refractivity contribution in [3.8, 4) is 0 Å². The van der Waals surface area contributed by atoms with Gasteiger partial charge in [-0.3, -0.25) is 0 Å². The molecule has 54 heavy (non-hydrogen) atoms. The van der Waals surface area contributed by atoms with Gasteiger partial charge in [0, 0.05) is 25.4 Å². The van der Waals surface area contributed by atoms with E-state index in [1.165, 1.54) is 0 Å². The van der Waals surface area contributed by atoms with Crippen molar-refractivity contribution in [2.75, 3.05) is 20.3 Å². The highest BCUT2D eigenvalue weighted by Crippen LogP contribution is 2.71. The predicted octanol–water partition coefficient (Wildman–Crippen LogP) is 1.05. The number of methoxy groups -OCH3 is 1. The Kier molecular flexibility index (Phi) is 12.0. The SMILES string of the molecule is CO[C@]1(CCC(C)C)O[C@H]2[C@H](O)[C@H]3[C@@H]4CC[C@@H]5C[C@@H](O[C@@H]6O[C@H](CO)[C@@H](O)[C@H](O)[C@H]6O[C@@H]6O[C@H](CO)[C@H](O)[C@H](O)[C@H]6O)CC[C@]5(C)[C@H]4CC[C@]3(C)[C@H]2[C@@H]1C. The molecule has 7 fully saturated rings.